The highest BCUT2D eigenvalue weighted by atomic mass is 32.1. The maximum atomic E-state index is 10.7. The molecule has 8 heteroatoms. The zero-order valence-electron chi connectivity index (χ0n) is 15.7. The maximum Gasteiger partial charge on any atom is 0.128 e. The second kappa shape index (κ2) is 7.71. The third-order valence-corrected chi connectivity index (χ3v) is 6.37. The number of benzene rings is 1. The summed E-state index contributed by atoms with van der Waals surface area (Å²) < 4.78 is 8.60. The highest BCUT2D eigenvalue weighted by Crippen LogP contribution is 2.22. The first kappa shape index (κ1) is 17.9. The molecule has 0 spiro atoms. The molecule has 0 radical (unpaired) electrons. The van der Waals surface area contributed by atoms with Gasteiger partial charge >= 0.3 is 0 Å². The molecule has 146 valence electrons. The van der Waals surface area contributed by atoms with Crippen molar-refractivity contribution in [3.05, 3.63) is 48.2 Å². The first-order valence-electron chi connectivity index (χ1n) is 9.78. The number of hydrogen-bond donors (Lipinski definition) is 1. The molecule has 1 N–H and O–H groups in total. The number of rotatable bonds is 4. The fraction of sp³-hybridized carbons (Fsp3) is 0.450. The number of piperazine rings is 1. The number of β-amino-alcohol motifs (C(OH)–C–C–N with tert-alkyl or cyclic N) is 1. The van der Waals surface area contributed by atoms with Gasteiger partial charge in [-0.25, -0.2) is 4.98 Å². The normalized spacial score (nSPS) is 24.2. The van der Waals surface area contributed by atoms with Gasteiger partial charge in [0, 0.05) is 58.1 Å². The van der Waals surface area contributed by atoms with Crippen LogP contribution < -0.4 is 4.90 Å². The summed E-state index contributed by atoms with van der Waals surface area (Å²) in [4.78, 5) is 11.6. The predicted molar refractivity (Wildman–Crippen MR) is 111 cm³/mol. The van der Waals surface area contributed by atoms with Gasteiger partial charge < -0.3 is 10.0 Å². The van der Waals surface area contributed by atoms with Gasteiger partial charge in [-0.1, -0.05) is 12.1 Å². The second-order valence-corrected chi connectivity index (χ2v) is 8.16. The number of aliphatic hydroxyl groups is 1. The van der Waals surface area contributed by atoms with Gasteiger partial charge in [-0.2, -0.15) is 8.75 Å². The van der Waals surface area contributed by atoms with E-state index >= 15 is 0 Å². The quantitative estimate of drug-likeness (QED) is 0.716. The lowest BCUT2D eigenvalue weighted by Crippen LogP contribution is -2.53. The third kappa shape index (κ3) is 3.60. The van der Waals surface area contributed by atoms with Crippen molar-refractivity contribution >= 4 is 28.6 Å². The zero-order chi connectivity index (χ0) is 18.9. The topological polar surface area (TPSA) is 68.6 Å². The minimum absolute atomic E-state index is 0.204. The number of hydrogen-bond acceptors (Lipinski definition) is 8. The van der Waals surface area contributed by atoms with E-state index in [4.69, 9.17) is 0 Å². The lowest BCUT2D eigenvalue weighted by molar-refractivity contribution is 0.0790. The van der Waals surface area contributed by atoms with Gasteiger partial charge in [0.15, 0.2) is 0 Å². The Balaban J connectivity index is 1.19. The smallest absolute Gasteiger partial charge is 0.128 e. The molecule has 2 atom stereocenters. The minimum Gasteiger partial charge on any atom is -0.390 e. The van der Waals surface area contributed by atoms with Crippen molar-refractivity contribution in [1.82, 2.24) is 23.5 Å². The van der Waals surface area contributed by atoms with E-state index in [0.29, 0.717) is 0 Å². The molecule has 2 aromatic heterocycles. The van der Waals surface area contributed by atoms with E-state index in [2.05, 4.69) is 46.6 Å². The molecule has 5 rings (SSSR count). The van der Waals surface area contributed by atoms with Crippen LogP contribution in [0, 0.1) is 0 Å². The van der Waals surface area contributed by atoms with Crippen molar-refractivity contribution in [3.8, 4) is 0 Å². The Morgan fingerprint density at radius 1 is 1.00 bits per heavy atom. The SMILES string of the molecule is O[C@@H]1CN(Cc2ccc3nsnc3c2)C[C@H]1N1CCN(c2ccccn2)CC1. The van der Waals surface area contributed by atoms with Crippen molar-refractivity contribution in [1.29, 1.82) is 0 Å². The molecule has 28 heavy (non-hydrogen) atoms. The van der Waals surface area contributed by atoms with E-state index in [9.17, 15) is 5.11 Å². The van der Waals surface area contributed by atoms with Gasteiger partial charge in [-0.05, 0) is 29.8 Å². The zero-order valence-corrected chi connectivity index (χ0v) is 16.5. The molecule has 0 amide bonds. The molecule has 7 nitrogen and oxygen atoms in total. The van der Waals surface area contributed by atoms with Crippen LogP contribution in [0.4, 0.5) is 5.82 Å². The Kier molecular flexibility index (Phi) is 4.94. The largest absolute Gasteiger partial charge is 0.390 e. The highest BCUT2D eigenvalue weighted by Gasteiger charge is 2.36. The molecule has 1 aromatic carbocycles. The summed E-state index contributed by atoms with van der Waals surface area (Å²) in [7, 11) is 0. The molecule has 0 saturated carbocycles. The lowest BCUT2D eigenvalue weighted by Gasteiger charge is -2.39. The number of fused-ring (bicyclic) bond motifs is 1. The molecule has 2 aliphatic rings. The first-order chi connectivity index (χ1) is 13.8. The highest BCUT2D eigenvalue weighted by molar-refractivity contribution is 7.00. The molecule has 4 heterocycles. The summed E-state index contributed by atoms with van der Waals surface area (Å²) in [5, 5.41) is 10.7. The fourth-order valence-electron chi connectivity index (χ4n) is 4.34. The summed E-state index contributed by atoms with van der Waals surface area (Å²) in [5.74, 6) is 1.04. The molecular weight excluding hydrogens is 372 g/mol. The van der Waals surface area contributed by atoms with Gasteiger partial charge in [-0.3, -0.25) is 9.80 Å². The Bertz CT molecular complexity index is 927. The van der Waals surface area contributed by atoms with Crippen LogP contribution in [0.25, 0.3) is 11.0 Å². The summed E-state index contributed by atoms with van der Waals surface area (Å²) in [5.41, 5.74) is 3.15. The van der Waals surface area contributed by atoms with Crippen LogP contribution >= 0.6 is 11.7 Å². The third-order valence-electron chi connectivity index (χ3n) is 5.82. The number of aliphatic hydroxyl groups excluding tert-OH is 1. The molecule has 2 fully saturated rings. The van der Waals surface area contributed by atoms with Gasteiger partial charge in [-0.15, -0.1) is 0 Å². The minimum atomic E-state index is -0.300. The standard InChI is InChI=1S/C20H24N6OS/c27-19-14-24(12-15-4-5-16-17(11-15)23-28-22-16)13-18(19)25-7-9-26(10-8-25)20-3-1-2-6-21-20/h1-6,11,18-19,27H,7-10,12-14H2/t18-,19-/m1/s1. The molecule has 0 aliphatic carbocycles. The van der Waals surface area contributed by atoms with Crippen molar-refractivity contribution < 1.29 is 5.11 Å². The van der Waals surface area contributed by atoms with Gasteiger partial charge in [0.1, 0.15) is 16.9 Å². The molecule has 0 bridgehead atoms. The van der Waals surface area contributed by atoms with Crippen LogP contribution in [-0.2, 0) is 6.54 Å². The Hall–Kier alpha value is -2.13. The van der Waals surface area contributed by atoms with Crippen LogP contribution in [0.3, 0.4) is 0 Å². The van der Waals surface area contributed by atoms with Crippen molar-refractivity contribution in [2.75, 3.05) is 44.2 Å². The number of aromatic nitrogens is 3. The fourth-order valence-corrected chi connectivity index (χ4v) is 4.86. The lowest BCUT2D eigenvalue weighted by atomic mass is 10.1. The Labute approximate surface area is 168 Å². The molecule has 2 aliphatic heterocycles. The molecule has 0 unspecified atom stereocenters. The number of anilines is 1. The van der Waals surface area contributed by atoms with Crippen molar-refractivity contribution in [2.45, 2.75) is 18.7 Å². The summed E-state index contributed by atoms with van der Waals surface area (Å²) in [6.07, 6.45) is 1.55. The van der Waals surface area contributed by atoms with Crippen molar-refractivity contribution in [2.24, 2.45) is 0 Å². The van der Waals surface area contributed by atoms with E-state index < -0.39 is 0 Å². The van der Waals surface area contributed by atoms with E-state index in [0.717, 1.165) is 62.7 Å². The monoisotopic (exact) mass is 396 g/mol. The van der Waals surface area contributed by atoms with Gasteiger partial charge in [0.05, 0.1) is 17.8 Å². The average molecular weight is 397 g/mol. The van der Waals surface area contributed by atoms with Crippen molar-refractivity contribution in [3.63, 3.8) is 0 Å². The predicted octanol–water partition coefficient (Wildman–Crippen LogP) is 1.45. The molecule has 2 saturated heterocycles. The second-order valence-electron chi connectivity index (χ2n) is 7.63. The summed E-state index contributed by atoms with van der Waals surface area (Å²) >= 11 is 1.25. The van der Waals surface area contributed by atoms with Gasteiger partial charge in [0.2, 0.25) is 0 Å². The van der Waals surface area contributed by atoms with Crippen LogP contribution in [0.1, 0.15) is 5.56 Å². The molecular formula is C20H24N6OS. The van der Waals surface area contributed by atoms with E-state index in [1.54, 1.807) is 0 Å². The van der Waals surface area contributed by atoms with Gasteiger partial charge in [0.25, 0.3) is 0 Å². The van der Waals surface area contributed by atoms with Crippen LogP contribution in [-0.4, -0.2) is 80.1 Å². The maximum absolute atomic E-state index is 10.7. The average Bonchev–Trinajstić information content (AvgIpc) is 3.35. The van der Waals surface area contributed by atoms with E-state index in [-0.39, 0.29) is 12.1 Å². The Morgan fingerprint density at radius 3 is 2.68 bits per heavy atom. The first-order valence-corrected chi connectivity index (χ1v) is 10.5. The summed E-state index contributed by atoms with van der Waals surface area (Å²) in [6, 6.07) is 12.5. The summed E-state index contributed by atoms with van der Waals surface area (Å²) in [6.45, 7) is 6.29. The van der Waals surface area contributed by atoms with Crippen LogP contribution in [0.15, 0.2) is 42.6 Å². The van der Waals surface area contributed by atoms with E-state index in [1.807, 2.05) is 24.4 Å². The number of nitrogens with zero attached hydrogens (tertiary/aromatic N) is 6. The van der Waals surface area contributed by atoms with Crippen LogP contribution in [0.2, 0.25) is 0 Å². The number of likely N-dealkylation sites (tertiary alicyclic amines) is 1. The number of pyridine rings is 1. The van der Waals surface area contributed by atoms with E-state index in [1.165, 1.54) is 17.3 Å². The van der Waals surface area contributed by atoms with Crippen LogP contribution in [0.5, 0.6) is 0 Å². The Morgan fingerprint density at radius 2 is 1.86 bits per heavy atom. The molecule has 3 aromatic rings.